The van der Waals surface area contributed by atoms with Gasteiger partial charge in [0, 0.05) is 12.2 Å². The number of rotatable bonds is 13. The maximum Gasteiger partial charge on any atom is 0.261 e. The fraction of sp³-hybridized carbons (Fsp3) is 0.118. The van der Waals surface area contributed by atoms with Crippen LogP contribution in [0.5, 0.6) is 5.75 Å². The second-order valence-electron chi connectivity index (χ2n) is 10.1. The highest BCUT2D eigenvalue weighted by Gasteiger charge is 2.32. The molecule has 1 atom stereocenters. The van der Waals surface area contributed by atoms with Gasteiger partial charge >= 0.3 is 0 Å². The van der Waals surface area contributed by atoms with Crippen LogP contribution >= 0.6 is 0 Å². The van der Waals surface area contributed by atoms with Gasteiger partial charge in [-0.3, -0.25) is 14.3 Å². The van der Waals surface area contributed by atoms with Gasteiger partial charge in [-0.2, -0.15) is 0 Å². The molecule has 0 aliphatic heterocycles. The molecule has 0 aliphatic carbocycles. The third-order valence-corrected chi connectivity index (χ3v) is 8.27. The lowest BCUT2D eigenvalue weighted by Gasteiger charge is -2.31. The number of benzene rings is 4. The van der Waals surface area contributed by atoms with Crippen molar-refractivity contribution < 1.29 is 35.9 Å². The Morgan fingerprint density at radius 1 is 0.804 bits per heavy atom. The molecule has 5 rings (SSSR count). The van der Waals surface area contributed by atoms with E-state index in [4.69, 9.17) is 9.15 Å². The molecule has 1 aromatic heterocycles. The molecule has 236 valence electrons. The van der Waals surface area contributed by atoms with Gasteiger partial charge in [0.25, 0.3) is 15.9 Å². The van der Waals surface area contributed by atoms with Crippen molar-refractivity contribution in [2.45, 2.75) is 24.0 Å². The first-order valence-electron chi connectivity index (χ1n) is 14.1. The van der Waals surface area contributed by atoms with Crippen LogP contribution in [0.1, 0.15) is 22.9 Å². The van der Waals surface area contributed by atoms with Gasteiger partial charge in [0.1, 0.15) is 29.2 Å². The molecule has 2 N–H and O–H groups in total. The third kappa shape index (κ3) is 8.36. The zero-order valence-electron chi connectivity index (χ0n) is 24.3. The Labute approximate surface area is 264 Å². The standard InChI is InChI=1S/C34H29F2N3O6S/c35-26-10-8-24(9-11-26)22-39(33(25-5-2-1-3-6-25)34(41)37-21-30-7-4-20-44-30)32(40)23-45-29-16-18-31(19-17-29)46(42,43)38-28-14-12-27(36)13-15-28/h1-20,33,38H,21-23H2,(H,37,41). The molecule has 2 amide bonds. The molecule has 46 heavy (non-hydrogen) atoms. The van der Waals surface area contributed by atoms with E-state index in [9.17, 15) is 26.8 Å². The average molecular weight is 646 g/mol. The summed E-state index contributed by atoms with van der Waals surface area (Å²) in [6.07, 6.45) is 1.49. The summed E-state index contributed by atoms with van der Waals surface area (Å²) in [5.74, 6) is -1.24. The molecular weight excluding hydrogens is 616 g/mol. The summed E-state index contributed by atoms with van der Waals surface area (Å²) in [6, 6.07) is 26.9. The number of ether oxygens (including phenoxy) is 1. The predicted molar refractivity (Wildman–Crippen MR) is 166 cm³/mol. The Kier molecular flexibility index (Phi) is 10.1. The zero-order chi connectivity index (χ0) is 32.5. The van der Waals surface area contributed by atoms with Crippen molar-refractivity contribution in [3.63, 3.8) is 0 Å². The number of hydrogen-bond acceptors (Lipinski definition) is 6. The minimum absolute atomic E-state index is 0.0392. The molecule has 0 aliphatic rings. The Morgan fingerprint density at radius 2 is 1.46 bits per heavy atom. The van der Waals surface area contributed by atoms with E-state index in [0.717, 1.165) is 12.1 Å². The van der Waals surface area contributed by atoms with Crippen LogP contribution in [0.3, 0.4) is 0 Å². The molecule has 5 aromatic rings. The van der Waals surface area contributed by atoms with Gasteiger partial charge in [-0.1, -0.05) is 42.5 Å². The van der Waals surface area contributed by atoms with Crippen LogP contribution in [0.2, 0.25) is 0 Å². The van der Waals surface area contributed by atoms with Crippen molar-refractivity contribution in [3.05, 3.63) is 150 Å². The summed E-state index contributed by atoms with van der Waals surface area (Å²) in [5, 5.41) is 2.82. The smallest absolute Gasteiger partial charge is 0.261 e. The number of anilines is 1. The molecule has 0 radical (unpaired) electrons. The maximum atomic E-state index is 13.8. The fourth-order valence-electron chi connectivity index (χ4n) is 4.58. The lowest BCUT2D eigenvalue weighted by molar-refractivity contribution is -0.143. The van der Waals surface area contributed by atoms with Crippen molar-refractivity contribution in [2.75, 3.05) is 11.3 Å². The SMILES string of the molecule is O=C(NCc1ccco1)C(c1ccccc1)N(Cc1ccc(F)cc1)C(=O)COc1ccc(S(=O)(=O)Nc2ccc(F)cc2)cc1. The van der Waals surface area contributed by atoms with Crippen molar-refractivity contribution in [2.24, 2.45) is 0 Å². The average Bonchev–Trinajstić information content (AvgIpc) is 3.59. The monoisotopic (exact) mass is 645 g/mol. The van der Waals surface area contributed by atoms with Crippen LogP contribution in [0.4, 0.5) is 14.5 Å². The third-order valence-electron chi connectivity index (χ3n) is 6.87. The first kappa shape index (κ1) is 31.9. The number of carbonyl (C=O) groups excluding carboxylic acids is 2. The van der Waals surface area contributed by atoms with Crippen molar-refractivity contribution in [3.8, 4) is 5.75 Å². The quantitative estimate of drug-likeness (QED) is 0.167. The summed E-state index contributed by atoms with van der Waals surface area (Å²) >= 11 is 0. The van der Waals surface area contributed by atoms with Crippen molar-refractivity contribution in [1.82, 2.24) is 10.2 Å². The van der Waals surface area contributed by atoms with E-state index in [1.807, 2.05) is 0 Å². The van der Waals surface area contributed by atoms with E-state index >= 15 is 0 Å². The summed E-state index contributed by atoms with van der Waals surface area (Å²) in [7, 11) is -3.98. The highest BCUT2D eigenvalue weighted by molar-refractivity contribution is 7.92. The number of carbonyl (C=O) groups is 2. The van der Waals surface area contributed by atoms with Crippen LogP contribution in [-0.4, -0.2) is 31.7 Å². The Morgan fingerprint density at radius 3 is 2.09 bits per heavy atom. The molecule has 1 unspecified atom stereocenters. The second kappa shape index (κ2) is 14.5. The molecule has 0 spiro atoms. The topological polar surface area (TPSA) is 118 Å². The fourth-order valence-corrected chi connectivity index (χ4v) is 5.64. The number of furan rings is 1. The van der Waals surface area contributed by atoms with E-state index in [-0.39, 0.29) is 29.4 Å². The van der Waals surface area contributed by atoms with Crippen LogP contribution in [0.15, 0.2) is 131 Å². The van der Waals surface area contributed by atoms with Gasteiger partial charge in [-0.25, -0.2) is 17.2 Å². The molecular formula is C34H29F2N3O6S. The summed E-state index contributed by atoms with van der Waals surface area (Å²) in [5.41, 5.74) is 1.31. The summed E-state index contributed by atoms with van der Waals surface area (Å²) < 4.78 is 65.9. The molecule has 0 saturated heterocycles. The van der Waals surface area contributed by atoms with Gasteiger partial charge in [-0.05, 0) is 83.9 Å². The van der Waals surface area contributed by atoms with Gasteiger partial charge in [0.05, 0.1) is 17.7 Å². The van der Waals surface area contributed by atoms with Gasteiger partial charge < -0.3 is 19.4 Å². The van der Waals surface area contributed by atoms with Crippen LogP contribution in [0.25, 0.3) is 0 Å². The molecule has 0 fully saturated rings. The molecule has 12 heteroatoms. The lowest BCUT2D eigenvalue weighted by Crippen LogP contribution is -2.45. The predicted octanol–water partition coefficient (Wildman–Crippen LogP) is 5.82. The van der Waals surface area contributed by atoms with Gasteiger partial charge in [0.2, 0.25) is 5.91 Å². The normalized spacial score (nSPS) is 11.8. The number of nitrogens with zero attached hydrogens (tertiary/aromatic N) is 1. The number of amides is 2. The number of hydrogen-bond donors (Lipinski definition) is 2. The Bertz CT molecular complexity index is 1850. The van der Waals surface area contributed by atoms with Crippen LogP contribution < -0.4 is 14.8 Å². The van der Waals surface area contributed by atoms with E-state index in [0.29, 0.717) is 16.9 Å². The van der Waals surface area contributed by atoms with Crippen molar-refractivity contribution in [1.29, 1.82) is 0 Å². The number of nitrogens with one attached hydrogen (secondary N) is 2. The van der Waals surface area contributed by atoms with E-state index in [2.05, 4.69) is 10.0 Å². The lowest BCUT2D eigenvalue weighted by atomic mass is 10.0. The van der Waals surface area contributed by atoms with Crippen LogP contribution in [0, 0.1) is 11.6 Å². The maximum absolute atomic E-state index is 13.8. The highest BCUT2D eigenvalue weighted by Crippen LogP contribution is 2.25. The zero-order valence-corrected chi connectivity index (χ0v) is 25.1. The molecule has 0 saturated carbocycles. The first-order valence-corrected chi connectivity index (χ1v) is 15.6. The first-order chi connectivity index (χ1) is 22.2. The van der Waals surface area contributed by atoms with E-state index in [1.165, 1.54) is 71.8 Å². The molecule has 1 heterocycles. The number of halogens is 2. The van der Waals surface area contributed by atoms with Crippen molar-refractivity contribution >= 4 is 27.5 Å². The van der Waals surface area contributed by atoms with Crippen LogP contribution in [-0.2, 0) is 32.7 Å². The Hall–Kier alpha value is -5.49. The molecule has 0 bridgehead atoms. The summed E-state index contributed by atoms with van der Waals surface area (Å²) in [6.45, 7) is -0.437. The highest BCUT2D eigenvalue weighted by atomic mass is 32.2. The molecule has 9 nitrogen and oxygen atoms in total. The largest absolute Gasteiger partial charge is 0.484 e. The minimum atomic E-state index is -3.98. The van der Waals surface area contributed by atoms with Gasteiger partial charge in [-0.15, -0.1) is 0 Å². The number of sulfonamides is 1. The second-order valence-corrected chi connectivity index (χ2v) is 11.8. The van der Waals surface area contributed by atoms with E-state index < -0.39 is 46.1 Å². The van der Waals surface area contributed by atoms with E-state index in [1.54, 1.807) is 42.5 Å². The molecule has 4 aromatic carbocycles. The summed E-state index contributed by atoms with van der Waals surface area (Å²) in [4.78, 5) is 28.7. The minimum Gasteiger partial charge on any atom is -0.484 e. The Balaban J connectivity index is 1.34. The van der Waals surface area contributed by atoms with Gasteiger partial charge in [0.15, 0.2) is 6.61 Å².